The summed E-state index contributed by atoms with van der Waals surface area (Å²) < 4.78 is 1.67. The van der Waals surface area contributed by atoms with E-state index in [1.54, 1.807) is 23.1 Å². The van der Waals surface area contributed by atoms with Crippen molar-refractivity contribution in [3.05, 3.63) is 66.6 Å². The summed E-state index contributed by atoms with van der Waals surface area (Å²) in [6.45, 7) is 1.80. The lowest BCUT2D eigenvalue weighted by Crippen LogP contribution is -2.53. The van der Waals surface area contributed by atoms with E-state index in [1.165, 1.54) is 18.5 Å². The van der Waals surface area contributed by atoms with Gasteiger partial charge in [0.05, 0.1) is 11.4 Å². The van der Waals surface area contributed by atoms with E-state index in [2.05, 4.69) is 27.1 Å². The van der Waals surface area contributed by atoms with E-state index in [4.69, 9.17) is 0 Å². The fourth-order valence-corrected chi connectivity index (χ4v) is 4.18. The molecule has 1 atom stereocenters. The molecule has 5 rings (SSSR count). The number of amides is 1. The number of hydrogen-bond acceptors (Lipinski definition) is 4. The lowest BCUT2D eigenvalue weighted by atomic mass is 9.96. The van der Waals surface area contributed by atoms with E-state index >= 15 is 0 Å². The number of rotatable bonds is 2. The van der Waals surface area contributed by atoms with Gasteiger partial charge in [-0.15, -0.1) is 0 Å². The minimum atomic E-state index is 0.0171. The zero-order valence-electron chi connectivity index (χ0n) is 15.0. The Morgan fingerprint density at radius 1 is 1.04 bits per heavy atom. The Morgan fingerprint density at radius 2 is 1.93 bits per heavy atom. The van der Waals surface area contributed by atoms with Gasteiger partial charge in [0.25, 0.3) is 5.91 Å². The molecule has 1 unspecified atom stereocenters. The summed E-state index contributed by atoms with van der Waals surface area (Å²) in [5, 5.41) is 4.21. The summed E-state index contributed by atoms with van der Waals surface area (Å²) in [4.78, 5) is 22.2. The van der Waals surface area contributed by atoms with Crippen LogP contribution in [0.5, 0.6) is 0 Å². The summed E-state index contributed by atoms with van der Waals surface area (Å²) >= 11 is 0. The largest absolute Gasteiger partial charge is 0.365 e. The summed E-state index contributed by atoms with van der Waals surface area (Å²) in [7, 11) is 0. The van der Waals surface area contributed by atoms with E-state index in [-0.39, 0.29) is 5.91 Å². The first-order chi connectivity index (χ1) is 13.3. The highest BCUT2D eigenvalue weighted by Gasteiger charge is 2.35. The van der Waals surface area contributed by atoms with E-state index in [1.807, 2.05) is 35.4 Å². The molecular weight excluding hydrogens is 338 g/mol. The molecule has 0 saturated carbocycles. The molecule has 6 heteroatoms. The van der Waals surface area contributed by atoms with Crippen LogP contribution in [0.4, 0.5) is 11.4 Å². The van der Waals surface area contributed by atoms with Crippen molar-refractivity contribution >= 4 is 17.3 Å². The molecule has 1 saturated heterocycles. The van der Waals surface area contributed by atoms with Crippen LogP contribution in [0.2, 0.25) is 0 Å². The number of carbonyl (C=O) groups excluding carboxylic acids is 1. The number of carbonyl (C=O) groups is 1. The lowest BCUT2D eigenvalue weighted by molar-refractivity contribution is 0.0982. The Labute approximate surface area is 158 Å². The first kappa shape index (κ1) is 16.1. The highest BCUT2D eigenvalue weighted by molar-refractivity contribution is 6.08. The Bertz CT molecular complexity index is 968. The Hall–Kier alpha value is -3.15. The van der Waals surface area contributed by atoms with Gasteiger partial charge < -0.3 is 9.80 Å². The van der Waals surface area contributed by atoms with Crippen molar-refractivity contribution in [2.24, 2.45) is 0 Å². The molecule has 0 bridgehead atoms. The Kier molecular flexibility index (Phi) is 3.89. The maximum absolute atomic E-state index is 13.4. The predicted molar refractivity (Wildman–Crippen MR) is 104 cm³/mol. The van der Waals surface area contributed by atoms with Gasteiger partial charge in [0.15, 0.2) is 5.82 Å². The van der Waals surface area contributed by atoms with Crippen LogP contribution in [0.25, 0.3) is 5.82 Å². The van der Waals surface area contributed by atoms with Crippen molar-refractivity contribution < 1.29 is 4.79 Å². The monoisotopic (exact) mass is 359 g/mol. The SMILES string of the molecule is O=C(c1ccnc(-n2cccn2)c1)N1CC2CCCCN2c2ccccc21. The van der Waals surface area contributed by atoms with Crippen LogP contribution in [-0.4, -0.2) is 39.8 Å². The second kappa shape index (κ2) is 6.54. The summed E-state index contributed by atoms with van der Waals surface area (Å²) in [6, 6.07) is 14.1. The molecule has 0 N–H and O–H groups in total. The van der Waals surface area contributed by atoms with Gasteiger partial charge in [-0.2, -0.15) is 5.10 Å². The van der Waals surface area contributed by atoms with E-state index in [0.717, 1.165) is 25.2 Å². The topological polar surface area (TPSA) is 54.3 Å². The number of pyridine rings is 1. The summed E-state index contributed by atoms with van der Waals surface area (Å²) in [5.74, 6) is 0.666. The van der Waals surface area contributed by atoms with Gasteiger partial charge >= 0.3 is 0 Å². The third kappa shape index (κ3) is 2.77. The zero-order chi connectivity index (χ0) is 18.2. The van der Waals surface area contributed by atoms with Crippen molar-refractivity contribution in [1.29, 1.82) is 0 Å². The van der Waals surface area contributed by atoms with Crippen LogP contribution in [0.3, 0.4) is 0 Å². The summed E-state index contributed by atoms with van der Waals surface area (Å²) in [5.41, 5.74) is 2.80. The third-order valence-electron chi connectivity index (χ3n) is 5.48. The van der Waals surface area contributed by atoms with Crippen LogP contribution < -0.4 is 9.80 Å². The molecule has 1 fully saturated rings. The second-order valence-corrected chi connectivity index (χ2v) is 7.10. The molecular formula is C21H21N5O. The lowest BCUT2D eigenvalue weighted by Gasteiger charge is -2.46. The van der Waals surface area contributed by atoms with Gasteiger partial charge in [-0.05, 0) is 49.6 Å². The van der Waals surface area contributed by atoms with Crippen molar-refractivity contribution in [2.45, 2.75) is 25.3 Å². The van der Waals surface area contributed by atoms with Crippen LogP contribution in [0.15, 0.2) is 61.1 Å². The second-order valence-electron chi connectivity index (χ2n) is 7.10. The standard InChI is InChI=1S/C21H21N5O/c27-21(16-9-11-22-20(14-16)26-13-5-10-23-26)25-15-17-6-3-4-12-24(17)18-7-1-2-8-19(18)25/h1-2,5,7-11,13-14,17H,3-4,6,12,15H2. The van der Waals surface area contributed by atoms with Crippen molar-refractivity contribution in [3.63, 3.8) is 0 Å². The fraction of sp³-hybridized carbons (Fsp3) is 0.286. The molecule has 2 aromatic heterocycles. The number of piperidine rings is 1. The van der Waals surface area contributed by atoms with E-state index in [0.29, 0.717) is 17.4 Å². The number of para-hydroxylation sites is 2. The number of hydrogen-bond donors (Lipinski definition) is 0. The molecule has 3 aromatic rings. The minimum Gasteiger partial charge on any atom is -0.365 e. The highest BCUT2D eigenvalue weighted by atomic mass is 16.2. The van der Waals surface area contributed by atoms with E-state index in [9.17, 15) is 4.79 Å². The molecule has 136 valence electrons. The number of anilines is 2. The van der Waals surface area contributed by atoms with Crippen LogP contribution in [-0.2, 0) is 0 Å². The quantitative estimate of drug-likeness (QED) is 0.705. The molecule has 0 radical (unpaired) electrons. The molecule has 27 heavy (non-hydrogen) atoms. The first-order valence-electron chi connectivity index (χ1n) is 9.45. The number of fused-ring (bicyclic) bond motifs is 3. The fourth-order valence-electron chi connectivity index (χ4n) is 4.18. The zero-order valence-corrected chi connectivity index (χ0v) is 15.0. The molecule has 6 nitrogen and oxygen atoms in total. The van der Waals surface area contributed by atoms with Gasteiger partial charge in [0, 0.05) is 43.3 Å². The molecule has 4 heterocycles. The van der Waals surface area contributed by atoms with Crippen LogP contribution >= 0.6 is 0 Å². The molecule has 1 amide bonds. The maximum Gasteiger partial charge on any atom is 0.258 e. The number of benzene rings is 1. The third-order valence-corrected chi connectivity index (χ3v) is 5.48. The Morgan fingerprint density at radius 3 is 2.78 bits per heavy atom. The number of aromatic nitrogens is 3. The average molecular weight is 359 g/mol. The molecule has 0 spiro atoms. The minimum absolute atomic E-state index is 0.0171. The van der Waals surface area contributed by atoms with Gasteiger partial charge in [-0.25, -0.2) is 9.67 Å². The maximum atomic E-state index is 13.4. The molecule has 1 aromatic carbocycles. The first-order valence-corrected chi connectivity index (χ1v) is 9.45. The normalized spacial score (nSPS) is 18.7. The molecule has 2 aliphatic rings. The average Bonchev–Trinajstić information content (AvgIpc) is 3.28. The Balaban J connectivity index is 1.52. The smallest absolute Gasteiger partial charge is 0.258 e. The number of nitrogens with zero attached hydrogens (tertiary/aromatic N) is 5. The van der Waals surface area contributed by atoms with Crippen LogP contribution in [0.1, 0.15) is 29.6 Å². The predicted octanol–water partition coefficient (Wildman–Crippen LogP) is 3.29. The molecule has 2 aliphatic heterocycles. The van der Waals surface area contributed by atoms with Gasteiger partial charge in [-0.1, -0.05) is 12.1 Å². The highest BCUT2D eigenvalue weighted by Crippen LogP contribution is 2.39. The van der Waals surface area contributed by atoms with E-state index < -0.39 is 0 Å². The molecule has 0 aliphatic carbocycles. The van der Waals surface area contributed by atoms with Crippen molar-refractivity contribution in [1.82, 2.24) is 14.8 Å². The summed E-state index contributed by atoms with van der Waals surface area (Å²) in [6.07, 6.45) is 8.78. The van der Waals surface area contributed by atoms with Crippen molar-refractivity contribution in [2.75, 3.05) is 22.9 Å². The van der Waals surface area contributed by atoms with Gasteiger partial charge in [0.2, 0.25) is 0 Å². The van der Waals surface area contributed by atoms with Gasteiger partial charge in [0.1, 0.15) is 0 Å². The van der Waals surface area contributed by atoms with Gasteiger partial charge in [-0.3, -0.25) is 4.79 Å². The van der Waals surface area contributed by atoms with Crippen LogP contribution in [0, 0.1) is 0 Å². The van der Waals surface area contributed by atoms with Crippen molar-refractivity contribution in [3.8, 4) is 5.82 Å².